The third-order valence-corrected chi connectivity index (χ3v) is 9.45. The van der Waals surface area contributed by atoms with Gasteiger partial charge in [-0.25, -0.2) is 0 Å². The fourth-order valence-electron chi connectivity index (χ4n) is 6.21. The van der Waals surface area contributed by atoms with Crippen LogP contribution in [0.15, 0.2) is 99.6 Å². The van der Waals surface area contributed by atoms with E-state index in [-0.39, 0.29) is 23.7 Å². The summed E-state index contributed by atoms with van der Waals surface area (Å²) >= 11 is 4.01. The van der Waals surface area contributed by atoms with E-state index in [1.54, 1.807) is 0 Å². The van der Waals surface area contributed by atoms with Crippen LogP contribution in [0, 0.1) is 6.92 Å². The molecule has 0 spiro atoms. The first kappa shape index (κ1) is 35.1. The second-order valence-electron chi connectivity index (χ2n) is 13.8. The van der Waals surface area contributed by atoms with Crippen LogP contribution >= 0.6 is 15.9 Å². The summed E-state index contributed by atoms with van der Waals surface area (Å²) in [5.74, 6) is 1.12. The molecular formula is C43H47BrN4. The Morgan fingerprint density at radius 1 is 0.542 bits per heavy atom. The molecule has 246 valence electrons. The topological polar surface area (TPSA) is 50.5 Å². The Kier molecular flexibility index (Phi) is 11.2. The number of rotatable bonds is 10. The van der Waals surface area contributed by atoms with Crippen LogP contribution in [-0.2, 0) is 0 Å². The van der Waals surface area contributed by atoms with Gasteiger partial charge in [-0.15, -0.1) is 0 Å². The average molecular weight is 700 g/mol. The Morgan fingerprint density at radius 3 is 1.29 bits per heavy atom. The number of hydrogen-bond acceptors (Lipinski definition) is 4. The summed E-state index contributed by atoms with van der Waals surface area (Å²) < 4.78 is 1.08. The molecule has 2 heterocycles. The molecule has 0 fully saturated rings. The van der Waals surface area contributed by atoms with E-state index >= 15 is 0 Å². The van der Waals surface area contributed by atoms with E-state index in [1.165, 1.54) is 50.1 Å². The SMILES string of the molecule is Cc1ccc(Br)c(-c2cc(C(C)C)c(N=Cc3ccccn3)c(C(C)C)c2)c1-c1cc(C(C)C)c(N=Cc2ccccn2)c(C(C)C)c1. The maximum absolute atomic E-state index is 5.07. The first-order valence-electron chi connectivity index (χ1n) is 17.0. The highest BCUT2D eigenvalue weighted by atomic mass is 79.9. The molecule has 5 aromatic rings. The molecule has 5 rings (SSSR count). The van der Waals surface area contributed by atoms with Crippen molar-refractivity contribution in [3.05, 3.63) is 129 Å². The van der Waals surface area contributed by atoms with Gasteiger partial charge in [-0.2, -0.15) is 0 Å². The summed E-state index contributed by atoms with van der Waals surface area (Å²) in [4.78, 5) is 19.1. The molecule has 0 atom stereocenters. The van der Waals surface area contributed by atoms with Gasteiger partial charge >= 0.3 is 0 Å². The van der Waals surface area contributed by atoms with Crippen molar-refractivity contribution >= 4 is 39.7 Å². The molecule has 0 aliphatic heterocycles. The standard InChI is InChI=1S/C43H47BrN4/c1-26(2)35-20-31(21-36(27(3)4)42(35)47-24-33-14-10-12-18-45-33)40-30(9)16-17-39(44)41(40)32-22-37(28(5)6)43(38(23-32)29(7)8)48-25-34-15-11-13-19-46-34/h10-29H,1-9H3. The van der Waals surface area contributed by atoms with Crippen molar-refractivity contribution < 1.29 is 0 Å². The predicted molar refractivity (Wildman–Crippen MR) is 209 cm³/mol. The Morgan fingerprint density at radius 2 is 0.938 bits per heavy atom. The molecule has 5 heteroatoms. The summed E-state index contributed by atoms with van der Waals surface area (Å²) in [6.45, 7) is 20.3. The highest BCUT2D eigenvalue weighted by Gasteiger charge is 2.23. The number of pyridine rings is 2. The molecule has 3 aromatic carbocycles. The molecule has 2 aromatic heterocycles. The van der Waals surface area contributed by atoms with Crippen LogP contribution in [0.2, 0.25) is 0 Å². The van der Waals surface area contributed by atoms with Crippen molar-refractivity contribution in [1.29, 1.82) is 0 Å². The fourth-order valence-corrected chi connectivity index (χ4v) is 6.77. The van der Waals surface area contributed by atoms with Gasteiger partial charge in [0.05, 0.1) is 35.2 Å². The van der Waals surface area contributed by atoms with Crippen molar-refractivity contribution in [3.63, 3.8) is 0 Å². The van der Waals surface area contributed by atoms with Gasteiger partial charge in [0.1, 0.15) is 0 Å². The number of nitrogens with zero attached hydrogens (tertiary/aromatic N) is 4. The van der Waals surface area contributed by atoms with E-state index in [4.69, 9.17) is 9.98 Å². The largest absolute Gasteiger partial charge is 0.255 e. The maximum atomic E-state index is 5.07. The van der Waals surface area contributed by atoms with Crippen molar-refractivity contribution in [1.82, 2.24) is 9.97 Å². The summed E-state index contributed by atoms with van der Waals surface area (Å²) in [5, 5.41) is 0. The monoisotopic (exact) mass is 698 g/mol. The Bertz CT molecular complexity index is 1740. The molecule has 0 unspecified atom stereocenters. The third-order valence-electron chi connectivity index (χ3n) is 8.79. The normalized spacial score (nSPS) is 12.1. The first-order chi connectivity index (χ1) is 23.0. The molecule has 0 saturated heterocycles. The van der Waals surface area contributed by atoms with Gasteiger partial charge in [0.2, 0.25) is 0 Å². The van der Waals surface area contributed by atoms with Gasteiger partial charge in [0, 0.05) is 22.4 Å². The van der Waals surface area contributed by atoms with Gasteiger partial charge in [-0.1, -0.05) is 89.5 Å². The molecule has 0 radical (unpaired) electrons. The number of hydrogen-bond donors (Lipinski definition) is 0. The van der Waals surface area contributed by atoms with E-state index in [0.29, 0.717) is 0 Å². The van der Waals surface area contributed by atoms with E-state index in [9.17, 15) is 0 Å². The quantitative estimate of drug-likeness (QED) is 0.136. The predicted octanol–water partition coefficient (Wildman–Crippen LogP) is 12.9. The van der Waals surface area contributed by atoms with E-state index in [0.717, 1.165) is 27.2 Å². The van der Waals surface area contributed by atoms with Gasteiger partial charge in [-0.05, 0) is 130 Å². The second-order valence-corrected chi connectivity index (χ2v) is 14.6. The molecular weight excluding hydrogens is 652 g/mol. The van der Waals surface area contributed by atoms with Crippen LogP contribution in [0.3, 0.4) is 0 Å². The lowest BCUT2D eigenvalue weighted by Crippen LogP contribution is -2.01. The van der Waals surface area contributed by atoms with E-state index < -0.39 is 0 Å². The maximum Gasteiger partial charge on any atom is 0.0812 e. The Labute approximate surface area is 295 Å². The zero-order chi connectivity index (χ0) is 34.5. The van der Waals surface area contributed by atoms with Gasteiger partial charge < -0.3 is 0 Å². The summed E-state index contributed by atoms with van der Waals surface area (Å²) in [7, 11) is 0. The van der Waals surface area contributed by atoms with Gasteiger partial charge in [0.25, 0.3) is 0 Å². The molecule has 0 aliphatic carbocycles. The van der Waals surface area contributed by atoms with E-state index in [2.05, 4.69) is 125 Å². The average Bonchev–Trinajstić information content (AvgIpc) is 3.07. The van der Waals surface area contributed by atoms with Crippen LogP contribution in [0.5, 0.6) is 0 Å². The van der Waals surface area contributed by atoms with Crippen molar-refractivity contribution in [3.8, 4) is 22.3 Å². The van der Waals surface area contributed by atoms with Crippen LogP contribution in [0.25, 0.3) is 22.3 Å². The highest BCUT2D eigenvalue weighted by molar-refractivity contribution is 9.10. The zero-order valence-corrected chi connectivity index (χ0v) is 31.3. The fraction of sp³-hybridized carbons (Fsp3) is 0.302. The smallest absolute Gasteiger partial charge is 0.0812 e. The lowest BCUT2D eigenvalue weighted by Gasteiger charge is -2.24. The highest BCUT2D eigenvalue weighted by Crippen LogP contribution is 2.47. The number of aliphatic imine (C=N–C) groups is 2. The lowest BCUT2D eigenvalue weighted by atomic mass is 9.83. The van der Waals surface area contributed by atoms with Crippen molar-refractivity contribution in [2.24, 2.45) is 9.98 Å². The summed E-state index contributed by atoms with van der Waals surface area (Å²) in [6, 6.07) is 25.7. The van der Waals surface area contributed by atoms with Crippen molar-refractivity contribution in [2.45, 2.75) is 86.0 Å². The number of benzene rings is 3. The minimum atomic E-state index is 0.279. The van der Waals surface area contributed by atoms with Crippen LogP contribution in [0.1, 0.15) is 118 Å². The van der Waals surface area contributed by atoms with Gasteiger partial charge in [0.15, 0.2) is 0 Å². The Hall–Kier alpha value is -4.22. The molecule has 0 aliphatic rings. The number of aryl methyl sites for hydroxylation is 1. The molecule has 0 bridgehead atoms. The third kappa shape index (κ3) is 7.73. The van der Waals surface area contributed by atoms with Crippen molar-refractivity contribution in [2.75, 3.05) is 0 Å². The lowest BCUT2D eigenvalue weighted by molar-refractivity contribution is 0.835. The molecule has 0 amide bonds. The second kappa shape index (κ2) is 15.3. The van der Waals surface area contributed by atoms with Crippen LogP contribution < -0.4 is 0 Å². The summed E-state index contributed by atoms with van der Waals surface area (Å²) in [5.41, 5.74) is 14.8. The molecule has 0 saturated carbocycles. The van der Waals surface area contributed by atoms with Crippen LogP contribution in [0.4, 0.5) is 11.4 Å². The van der Waals surface area contributed by atoms with E-state index in [1.807, 2.05) is 61.2 Å². The molecule has 0 N–H and O–H groups in total. The molecule has 48 heavy (non-hydrogen) atoms. The minimum Gasteiger partial charge on any atom is -0.255 e. The summed E-state index contributed by atoms with van der Waals surface area (Å²) in [6.07, 6.45) is 7.40. The number of halogens is 1. The van der Waals surface area contributed by atoms with Gasteiger partial charge in [-0.3, -0.25) is 20.0 Å². The Balaban J connectivity index is 1.75. The molecule has 4 nitrogen and oxygen atoms in total. The number of aromatic nitrogens is 2. The van der Waals surface area contributed by atoms with Crippen LogP contribution in [-0.4, -0.2) is 22.4 Å². The minimum absolute atomic E-state index is 0.279. The first-order valence-corrected chi connectivity index (χ1v) is 17.8. The zero-order valence-electron chi connectivity index (χ0n) is 29.7.